The molecule has 0 spiro atoms. The van der Waals surface area contributed by atoms with Crippen LogP contribution in [0.3, 0.4) is 0 Å². The summed E-state index contributed by atoms with van der Waals surface area (Å²) < 4.78 is 20.0. The average molecular weight is 600 g/mol. The van der Waals surface area contributed by atoms with Crippen molar-refractivity contribution >= 4 is 45.4 Å². The van der Waals surface area contributed by atoms with Crippen LogP contribution in [0.4, 0.5) is 10.1 Å². The van der Waals surface area contributed by atoms with E-state index in [1.165, 1.54) is 11.0 Å². The van der Waals surface area contributed by atoms with Crippen LogP contribution in [0.25, 0.3) is 0 Å². The molecule has 3 unspecified atom stereocenters. The predicted molar refractivity (Wildman–Crippen MR) is 146 cm³/mol. The van der Waals surface area contributed by atoms with Gasteiger partial charge < -0.3 is 4.74 Å². The zero-order valence-electron chi connectivity index (χ0n) is 21.1. The molecule has 3 fully saturated rings. The Hall–Kier alpha value is -3.91. The number of benzene rings is 3. The minimum Gasteiger partial charge on any atom is -0.392 e. The molecule has 0 N–H and O–H groups in total. The van der Waals surface area contributed by atoms with Crippen molar-refractivity contribution in [2.45, 2.75) is 24.2 Å². The number of anilines is 1. The van der Waals surface area contributed by atoms with E-state index in [0.717, 1.165) is 5.57 Å². The molecule has 2 aliphatic carbocycles. The fraction of sp³-hybridized carbons (Fsp3) is 0.250. The van der Waals surface area contributed by atoms with E-state index >= 15 is 0 Å². The molecule has 2 heterocycles. The highest BCUT2D eigenvalue weighted by atomic mass is 79.9. The van der Waals surface area contributed by atoms with Crippen molar-refractivity contribution in [1.82, 2.24) is 0 Å². The zero-order chi connectivity index (χ0) is 27.8. The molecule has 6 nitrogen and oxygen atoms in total. The van der Waals surface area contributed by atoms with Gasteiger partial charge in [0.2, 0.25) is 11.8 Å². The highest BCUT2D eigenvalue weighted by molar-refractivity contribution is 9.10. The Morgan fingerprint density at radius 1 is 0.875 bits per heavy atom. The Bertz CT molecular complexity index is 1620. The maximum absolute atomic E-state index is 14.4. The molecule has 40 heavy (non-hydrogen) atoms. The molecule has 200 valence electrons. The summed E-state index contributed by atoms with van der Waals surface area (Å²) in [6.07, 6.45) is 2.47. The van der Waals surface area contributed by atoms with E-state index in [1.807, 2.05) is 42.5 Å². The van der Waals surface area contributed by atoms with Crippen LogP contribution in [-0.4, -0.2) is 23.8 Å². The third kappa shape index (κ3) is 3.32. The maximum Gasteiger partial charge on any atom is 0.326 e. The molecule has 6 atom stereocenters. The number of carbonyl (C=O) groups excluding carboxylic acids is 4. The SMILES string of the molecule is O=C1OC(=O)[C@@]2(c3ccccc3)[C@@H](c3ccc(F)c(Br)c3)C3=CCC4C(=O)N(c5ccccc5)C(=O)C4C3C[C@@H]12. The molecule has 8 heteroatoms. The fourth-order valence-corrected chi connectivity index (χ4v) is 7.95. The lowest BCUT2D eigenvalue weighted by Gasteiger charge is -2.49. The maximum atomic E-state index is 14.4. The second-order valence-corrected chi connectivity index (χ2v) is 11.7. The van der Waals surface area contributed by atoms with Crippen molar-refractivity contribution in [3.63, 3.8) is 0 Å². The lowest BCUT2D eigenvalue weighted by atomic mass is 9.49. The van der Waals surface area contributed by atoms with Crippen molar-refractivity contribution in [1.29, 1.82) is 0 Å². The van der Waals surface area contributed by atoms with E-state index in [4.69, 9.17) is 4.74 Å². The quantitative estimate of drug-likeness (QED) is 0.173. The van der Waals surface area contributed by atoms with E-state index in [0.29, 0.717) is 23.2 Å². The van der Waals surface area contributed by atoms with Gasteiger partial charge in [0.05, 0.1) is 27.9 Å². The molecular weight excluding hydrogens is 577 g/mol. The van der Waals surface area contributed by atoms with E-state index in [9.17, 15) is 23.6 Å². The normalized spacial score (nSPS) is 30.9. The third-order valence-corrected chi connectivity index (χ3v) is 9.74. The number of esters is 2. The highest BCUT2D eigenvalue weighted by Gasteiger charge is 2.69. The van der Waals surface area contributed by atoms with Gasteiger partial charge in [0.1, 0.15) is 11.2 Å². The highest BCUT2D eigenvalue weighted by Crippen LogP contribution is 2.63. The third-order valence-electron chi connectivity index (χ3n) is 9.13. The van der Waals surface area contributed by atoms with Gasteiger partial charge in [-0.15, -0.1) is 0 Å². The van der Waals surface area contributed by atoms with Crippen molar-refractivity contribution in [3.8, 4) is 0 Å². The van der Waals surface area contributed by atoms with Crippen molar-refractivity contribution in [2.24, 2.45) is 23.7 Å². The standard InChI is InChI=1S/C32H23BrFNO5/c33-24-15-17(11-14-25(24)34)27-20-12-13-21-26(29(37)35(28(21)36)19-9-5-2-6-10-19)22(20)16-23-30(38)40-31(39)32(23,27)18-7-3-1-4-8-18/h1-12,14-15,21-23,26-27H,13,16H2/t21?,22?,23-,26?,27-,32+/m0/s1. The summed E-state index contributed by atoms with van der Waals surface area (Å²) in [4.78, 5) is 56.0. The van der Waals surface area contributed by atoms with Gasteiger partial charge in [-0.25, -0.2) is 4.39 Å². The number of nitrogens with zero attached hydrogens (tertiary/aromatic N) is 1. The van der Waals surface area contributed by atoms with E-state index in [2.05, 4.69) is 15.9 Å². The molecule has 3 aromatic carbocycles. The fourth-order valence-electron chi connectivity index (χ4n) is 7.56. The number of halogens is 2. The van der Waals surface area contributed by atoms with Crippen LogP contribution in [0.5, 0.6) is 0 Å². The summed E-state index contributed by atoms with van der Waals surface area (Å²) in [6.45, 7) is 0. The first-order chi connectivity index (χ1) is 19.3. The first kappa shape index (κ1) is 25.1. The molecule has 4 aliphatic rings. The van der Waals surface area contributed by atoms with Gasteiger partial charge in [-0.3, -0.25) is 24.1 Å². The van der Waals surface area contributed by atoms with E-state index in [-0.39, 0.29) is 22.7 Å². The molecule has 1 saturated carbocycles. The summed E-state index contributed by atoms with van der Waals surface area (Å²) in [5.74, 6) is -5.63. The van der Waals surface area contributed by atoms with Gasteiger partial charge in [-0.05, 0) is 70.1 Å². The molecule has 0 radical (unpaired) electrons. The van der Waals surface area contributed by atoms with Crippen LogP contribution in [0.15, 0.2) is 95.0 Å². The Labute approximate surface area is 237 Å². The predicted octanol–water partition coefficient (Wildman–Crippen LogP) is 5.47. The molecule has 2 saturated heterocycles. The van der Waals surface area contributed by atoms with Crippen molar-refractivity contribution in [2.75, 3.05) is 4.90 Å². The number of carbonyl (C=O) groups is 4. The minimum atomic E-state index is -1.39. The summed E-state index contributed by atoms with van der Waals surface area (Å²) in [5, 5.41) is 0. The first-order valence-corrected chi connectivity index (χ1v) is 14.0. The van der Waals surface area contributed by atoms with Crippen LogP contribution in [0.1, 0.15) is 29.9 Å². The molecule has 2 aliphatic heterocycles. The lowest BCUT2D eigenvalue weighted by molar-refractivity contribution is -0.154. The molecular formula is C32H23BrFNO5. The number of amides is 2. The Morgan fingerprint density at radius 3 is 2.27 bits per heavy atom. The topological polar surface area (TPSA) is 80.8 Å². The molecule has 7 rings (SSSR count). The van der Waals surface area contributed by atoms with Gasteiger partial charge in [0, 0.05) is 5.92 Å². The summed E-state index contributed by atoms with van der Waals surface area (Å²) >= 11 is 3.29. The van der Waals surface area contributed by atoms with Gasteiger partial charge >= 0.3 is 11.9 Å². The van der Waals surface area contributed by atoms with Crippen LogP contribution < -0.4 is 4.90 Å². The molecule has 2 amide bonds. The van der Waals surface area contributed by atoms with Crippen molar-refractivity contribution in [3.05, 3.63) is 112 Å². The van der Waals surface area contributed by atoms with Gasteiger partial charge in [-0.1, -0.05) is 66.2 Å². The van der Waals surface area contributed by atoms with Crippen molar-refractivity contribution < 1.29 is 28.3 Å². The van der Waals surface area contributed by atoms with Gasteiger partial charge in [0.15, 0.2) is 0 Å². The number of rotatable bonds is 3. The van der Waals surface area contributed by atoms with Crippen LogP contribution in [-0.2, 0) is 29.3 Å². The largest absolute Gasteiger partial charge is 0.392 e. The summed E-state index contributed by atoms with van der Waals surface area (Å²) in [5.41, 5.74) is 1.18. The monoisotopic (exact) mass is 599 g/mol. The summed E-state index contributed by atoms with van der Waals surface area (Å²) in [6, 6.07) is 22.5. The Kier molecular flexibility index (Phi) is 5.68. The molecule has 0 aromatic heterocycles. The number of hydrogen-bond donors (Lipinski definition) is 0. The smallest absolute Gasteiger partial charge is 0.326 e. The second kappa shape index (κ2) is 9.06. The number of fused-ring (bicyclic) bond motifs is 4. The number of ether oxygens (including phenoxy) is 1. The van der Waals surface area contributed by atoms with Crippen LogP contribution in [0, 0.1) is 29.5 Å². The Balaban J connectivity index is 1.43. The van der Waals surface area contributed by atoms with E-state index in [1.54, 1.807) is 36.4 Å². The second-order valence-electron chi connectivity index (χ2n) is 10.9. The average Bonchev–Trinajstić information content (AvgIpc) is 3.38. The summed E-state index contributed by atoms with van der Waals surface area (Å²) in [7, 11) is 0. The van der Waals surface area contributed by atoms with Gasteiger partial charge in [0.25, 0.3) is 0 Å². The number of para-hydroxylation sites is 1. The number of hydrogen-bond acceptors (Lipinski definition) is 5. The number of cyclic esters (lactones) is 2. The van der Waals surface area contributed by atoms with Crippen LogP contribution >= 0.6 is 15.9 Å². The Morgan fingerprint density at radius 2 is 1.57 bits per heavy atom. The molecule has 0 bridgehead atoms. The zero-order valence-corrected chi connectivity index (χ0v) is 22.7. The van der Waals surface area contributed by atoms with E-state index < -0.39 is 52.8 Å². The van der Waals surface area contributed by atoms with Gasteiger partial charge in [-0.2, -0.15) is 0 Å². The number of allylic oxidation sites excluding steroid dienone is 2. The van der Waals surface area contributed by atoms with Crippen LogP contribution in [0.2, 0.25) is 0 Å². The first-order valence-electron chi connectivity index (χ1n) is 13.2. The minimum absolute atomic E-state index is 0.187. The molecule has 3 aromatic rings. The lowest BCUT2D eigenvalue weighted by Crippen LogP contribution is -2.52. The number of imide groups is 1.